The average Bonchev–Trinajstić information content (AvgIpc) is 2.33. The Morgan fingerprint density at radius 3 is 2.42 bits per heavy atom. The van der Waals surface area contributed by atoms with Crippen LogP contribution >= 0.6 is 47.8 Å². The van der Waals surface area contributed by atoms with E-state index in [1.165, 1.54) is 0 Å². The Labute approximate surface area is 137 Å². The fourth-order valence-corrected chi connectivity index (χ4v) is 3.21. The predicted molar refractivity (Wildman–Crippen MR) is 88.3 cm³/mol. The van der Waals surface area contributed by atoms with Crippen molar-refractivity contribution in [2.75, 3.05) is 5.32 Å². The number of rotatable bonds is 3. The van der Waals surface area contributed by atoms with E-state index in [0.717, 1.165) is 24.7 Å². The molecule has 1 amide bonds. The molecule has 0 saturated heterocycles. The van der Waals surface area contributed by atoms with Crippen LogP contribution in [0.1, 0.15) is 5.56 Å². The summed E-state index contributed by atoms with van der Waals surface area (Å²) >= 11 is 10.2. The minimum Gasteiger partial charge on any atom is -0.325 e. The lowest BCUT2D eigenvalue weighted by molar-refractivity contribution is -0.115. The van der Waals surface area contributed by atoms with Crippen molar-refractivity contribution < 1.29 is 4.79 Å². The van der Waals surface area contributed by atoms with Gasteiger partial charge >= 0.3 is 0 Å². The van der Waals surface area contributed by atoms with Crippen molar-refractivity contribution in [1.82, 2.24) is 0 Å². The number of nitrogens with one attached hydrogen (secondary N) is 1. The van der Waals surface area contributed by atoms with Crippen LogP contribution < -0.4 is 5.32 Å². The number of hydrogen-bond acceptors (Lipinski definition) is 1. The van der Waals surface area contributed by atoms with Gasteiger partial charge in [-0.15, -0.1) is 0 Å². The summed E-state index contributed by atoms with van der Waals surface area (Å²) in [5.41, 5.74) is 1.74. The van der Waals surface area contributed by atoms with Crippen LogP contribution in [-0.4, -0.2) is 5.91 Å². The van der Waals surface area contributed by atoms with Gasteiger partial charge in [-0.1, -0.05) is 44.0 Å². The van der Waals surface area contributed by atoms with Gasteiger partial charge in [0, 0.05) is 13.4 Å². The van der Waals surface area contributed by atoms with Crippen LogP contribution in [0.2, 0.25) is 0 Å². The van der Waals surface area contributed by atoms with E-state index in [2.05, 4.69) is 53.1 Å². The molecule has 5 heteroatoms. The zero-order chi connectivity index (χ0) is 13.8. The molecule has 19 heavy (non-hydrogen) atoms. The Morgan fingerprint density at radius 2 is 1.74 bits per heavy atom. The lowest BCUT2D eigenvalue weighted by Gasteiger charge is -2.08. The first-order valence-corrected chi connectivity index (χ1v) is 7.92. The Kier molecular flexibility index (Phi) is 5.19. The van der Waals surface area contributed by atoms with Crippen molar-refractivity contribution in [3.8, 4) is 0 Å². The fraction of sp³-hybridized carbons (Fsp3) is 0.0714. The normalized spacial score (nSPS) is 10.3. The minimum absolute atomic E-state index is 0.0406. The van der Waals surface area contributed by atoms with E-state index < -0.39 is 0 Å². The second kappa shape index (κ2) is 6.68. The van der Waals surface area contributed by atoms with Crippen molar-refractivity contribution >= 4 is 59.4 Å². The number of carbonyl (C=O) groups is 1. The molecular formula is C14H10Br3NO. The molecule has 2 nitrogen and oxygen atoms in total. The highest BCUT2D eigenvalue weighted by Crippen LogP contribution is 2.26. The molecule has 2 aromatic carbocycles. The standard InChI is InChI=1S/C14H10Br3NO/c15-10-3-1-2-9(6-10)7-14(19)18-13-5-4-11(16)8-12(13)17/h1-6,8H,7H2,(H,18,19). The molecule has 0 fully saturated rings. The Balaban J connectivity index is 2.05. The maximum Gasteiger partial charge on any atom is 0.228 e. The largest absolute Gasteiger partial charge is 0.325 e. The third-order valence-electron chi connectivity index (χ3n) is 2.46. The van der Waals surface area contributed by atoms with Gasteiger partial charge in [0.2, 0.25) is 5.91 Å². The van der Waals surface area contributed by atoms with E-state index in [1.54, 1.807) is 0 Å². The SMILES string of the molecule is O=C(Cc1cccc(Br)c1)Nc1ccc(Br)cc1Br. The molecule has 0 aliphatic carbocycles. The molecule has 0 spiro atoms. The number of hydrogen-bond donors (Lipinski definition) is 1. The van der Waals surface area contributed by atoms with Gasteiger partial charge in [-0.05, 0) is 51.8 Å². The summed E-state index contributed by atoms with van der Waals surface area (Å²) in [5.74, 6) is -0.0406. The number of benzene rings is 2. The summed E-state index contributed by atoms with van der Waals surface area (Å²) in [4.78, 5) is 12.0. The maximum atomic E-state index is 12.0. The number of carbonyl (C=O) groups excluding carboxylic acids is 1. The summed E-state index contributed by atoms with van der Waals surface area (Å²) in [6.45, 7) is 0. The highest BCUT2D eigenvalue weighted by molar-refractivity contribution is 9.11. The zero-order valence-electron chi connectivity index (χ0n) is 9.79. The molecule has 0 radical (unpaired) electrons. The minimum atomic E-state index is -0.0406. The number of amides is 1. The molecule has 0 atom stereocenters. The Morgan fingerprint density at radius 1 is 1.00 bits per heavy atom. The van der Waals surface area contributed by atoms with Crippen LogP contribution in [-0.2, 0) is 11.2 Å². The van der Waals surface area contributed by atoms with E-state index >= 15 is 0 Å². The highest BCUT2D eigenvalue weighted by atomic mass is 79.9. The van der Waals surface area contributed by atoms with Crippen molar-refractivity contribution in [3.63, 3.8) is 0 Å². The van der Waals surface area contributed by atoms with E-state index in [1.807, 2.05) is 42.5 Å². The summed E-state index contributed by atoms with van der Waals surface area (Å²) in [5, 5.41) is 2.88. The lowest BCUT2D eigenvalue weighted by atomic mass is 10.1. The number of halogens is 3. The molecule has 0 aliphatic rings. The van der Waals surface area contributed by atoms with Gasteiger partial charge in [-0.25, -0.2) is 0 Å². The fourth-order valence-electron chi connectivity index (χ4n) is 1.62. The second-order valence-electron chi connectivity index (χ2n) is 3.98. The molecule has 1 N–H and O–H groups in total. The van der Waals surface area contributed by atoms with Gasteiger partial charge < -0.3 is 5.32 Å². The molecule has 0 bridgehead atoms. The second-order valence-corrected chi connectivity index (χ2v) is 6.66. The molecule has 0 unspecified atom stereocenters. The molecule has 0 heterocycles. The number of anilines is 1. The van der Waals surface area contributed by atoms with E-state index in [9.17, 15) is 4.79 Å². The van der Waals surface area contributed by atoms with Gasteiger partial charge in [0.05, 0.1) is 12.1 Å². The third-order valence-corrected chi connectivity index (χ3v) is 4.10. The van der Waals surface area contributed by atoms with Crippen LogP contribution in [0.25, 0.3) is 0 Å². The van der Waals surface area contributed by atoms with Gasteiger partial charge in [0.15, 0.2) is 0 Å². The lowest BCUT2D eigenvalue weighted by Crippen LogP contribution is -2.14. The molecule has 98 valence electrons. The van der Waals surface area contributed by atoms with Crippen molar-refractivity contribution in [2.24, 2.45) is 0 Å². The third kappa shape index (κ3) is 4.44. The zero-order valence-corrected chi connectivity index (χ0v) is 14.5. The Bertz CT molecular complexity index is 613. The first-order chi connectivity index (χ1) is 9.04. The summed E-state index contributed by atoms with van der Waals surface area (Å²) in [6, 6.07) is 13.4. The van der Waals surface area contributed by atoms with Gasteiger partial charge in [-0.2, -0.15) is 0 Å². The molecule has 2 rings (SSSR count). The summed E-state index contributed by atoms with van der Waals surface area (Å²) in [6.07, 6.45) is 0.349. The van der Waals surface area contributed by atoms with Crippen molar-refractivity contribution in [1.29, 1.82) is 0 Å². The van der Waals surface area contributed by atoms with Crippen LogP contribution in [0.3, 0.4) is 0 Å². The summed E-state index contributed by atoms with van der Waals surface area (Å²) < 4.78 is 2.79. The van der Waals surface area contributed by atoms with Crippen molar-refractivity contribution in [2.45, 2.75) is 6.42 Å². The predicted octanol–water partition coefficient (Wildman–Crippen LogP) is 5.16. The Hall–Kier alpha value is -0.650. The van der Waals surface area contributed by atoms with E-state index in [4.69, 9.17) is 0 Å². The topological polar surface area (TPSA) is 29.1 Å². The first-order valence-electron chi connectivity index (χ1n) is 5.54. The molecule has 0 aliphatic heterocycles. The molecule has 2 aromatic rings. The van der Waals surface area contributed by atoms with Crippen LogP contribution in [0, 0.1) is 0 Å². The van der Waals surface area contributed by atoms with Crippen LogP contribution in [0.5, 0.6) is 0 Å². The van der Waals surface area contributed by atoms with Gasteiger partial charge in [0.25, 0.3) is 0 Å². The van der Waals surface area contributed by atoms with Gasteiger partial charge in [-0.3, -0.25) is 4.79 Å². The first kappa shape index (κ1) is 14.8. The smallest absolute Gasteiger partial charge is 0.228 e. The van der Waals surface area contributed by atoms with Crippen LogP contribution in [0.4, 0.5) is 5.69 Å². The maximum absolute atomic E-state index is 12.0. The van der Waals surface area contributed by atoms with Crippen molar-refractivity contribution in [3.05, 3.63) is 61.4 Å². The van der Waals surface area contributed by atoms with E-state index in [0.29, 0.717) is 6.42 Å². The summed E-state index contributed by atoms with van der Waals surface area (Å²) in [7, 11) is 0. The highest BCUT2D eigenvalue weighted by Gasteiger charge is 2.07. The molecule has 0 saturated carbocycles. The quantitative estimate of drug-likeness (QED) is 0.692. The average molecular weight is 448 g/mol. The van der Waals surface area contributed by atoms with E-state index in [-0.39, 0.29) is 5.91 Å². The van der Waals surface area contributed by atoms with Gasteiger partial charge in [0.1, 0.15) is 0 Å². The molecule has 0 aromatic heterocycles. The molecular weight excluding hydrogens is 438 g/mol. The van der Waals surface area contributed by atoms with Crippen LogP contribution in [0.15, 0.2) is 55.9 Å². The monoisotopic (exact) mass is 445 g/mol.